The predicted octanol–water partition coefficient (Wildman–Crippen LogP) is 1.92. The number of hydrogen-bond donors (Lipinski definition) is 1. The maximum atomic E-state index is 12.4. The summed E-state index contributed by atoms with van der Waals surface area (Å²) in [6.45, 7) is 7.93. The fourth-order valence-electron chi connectivity index (χ4n) is 2.32. The number of rotatable bonds is 4. The lowest BCUT2D eigenvalue weighted by atomic mass is 10.1. The van der Waals surface area contributed by atoms with Crippen molar-refractivity contribution in [3.05, 3.63) is 23.8 Å². The van der Waals surface area contributed by atoms with Crippen molar-refractivity contribution in [2.45, 2.75) is 45.1 Å². The molecule has 1 aromatic rings. The van der Waals surface area contributed by atoms with Gasteiger partial charge in [-0.25, -0.2) is 13.1 Å². The Labute approximate surface area is 126 Å². The van der Waals surface area contributed by atoms with Gasteiger partial charge in [-0.15, -0.1) is 0 Å². The van der Waals surface area contributed by atoms with Gasteiger partial charge in [0.1, 0.15) is 0 Å². The summed E-state index contributed by atoms with van der Waals surface area (Å²) in [5.74, 6) is 0.207. The highest BCUT2D eigenvalue weighted by molar-refractivity contribution is 7.89. The first-order chi connectivity index (χ1) is 9.72. The van der Waals surface area contributed by atoms with Gasteiger partial charge in [0.2, 0.25) is 15.9 Å². The lowest BCUT2D eigenvalue weighted by Gasteiger charge is -2.18. The van der Waals surface area contributed by atoms with Crippen LogP contribution in [-0.4, -0.2) is 26.9 Å². The average Bonchev–Trinajstić information content (AvgIpc) is 2.80. The summed E-state index contributed by atoms with van der Waals surface area (Å²) in [4.78, 5) is 13.4. The number of nitrogens with zero attached hydrogens (tertiary/aromatic N) is 1. The van der Waals surface area contributed by atoms with E-state index >= 15 is 0 Å². The SMILES string of the molecule is CC(=O)N1CCc2cc(S(=O)(=O)N[C@@H](C)C(C)C)ccc21. The van der Waals surface area contributed by atoms with Crippen LogP contribution in [0.25, 0.3) is 0 Å². The minimum Gasteiger partial charge on any atom is -0.312 e. The molecule has 1 atom stereocenters. The second kappa shape index (κ2) is 5.77. The fourth-order valence-corrected chi connectivity index (χ4v) is 3.76. The number of amides is 1. The predicted molar refractivity (Wildman–Crippen MR) is 82.8 cm³/mol. The first-order valence-corrected chi connectivity index (χ1v) is 8.64. The van der Waals surface area contributed by atoms with Gasteiger partial charge in [-0.05, 0) is 43.0 Å². The van der Waals surface area contributed by atoms with E-state index < -0.39 is 10.0 Å². The monoisotopic (exact) mass is 310 g/mol. The van der Waals surface area contributed by atoms with Gasteiger partial charge in [-0.1, -0.05) is 13.8 Å². The molecule has 0 unspecified atom stereocenters. The van der Waals surface area contributed by atoms with Gasteiger partial charge in [0.15, 0.2) is 0 Å². The molecule has 6 heteroatoms. The molecule has 2 rings (SSSR count). The summed E-state index contributed by atoms with van der Waals surface area (Å²) < 4.78 is 27.4. The van der Waals surface area contributed by atoms with Crippen LogP contribution in [0, 0.1) is 5.92 Å². The van der Waals surface area contributed by atoms with E-state index in [1.165, 1.54) is 6.92 Å². The highest BCUT2D eigenvalue weighted by Gasteiger charge is 2.25. The van der Waals surface area contributed by atoms with E-state index in [1.54, 1.807) is 23.1 Å². The molecular weight excluding hydrogens is 288 g/mol. The standard InChI is InChI=1S/C15H22N2O3S/c1-10(2)11(3)16-21(19,20)14-5-6-15-13(9-14)7-8-17(15)12(4)18/h5-6,9-11,16H,7-8H2,1-4H3/t11-/m0/s1. The van der Waals surface area contributed by atoms with Crippen molar-refractivity contribution in [2.75, 3.05) is 11.4 Å². The van der Waals surface area contributed by atoms with Crippen molar-refractivity contribution >= 4 is 21.6 Å². The zero-order valence-electron chi connectivity index (χ0n) is 12.9. The summed E-state index contributed by atoms with van der Waals surface area (Å²) in [6, 6.07) is 4.83. The fraction of sp³-hybridized carbons (Fsp3) is 0.533. The van der Waals surface area contributed by atoms with Crippen LogP contribution in [-0.2, 0) is 21.2 Å². The van der Waals surface area contributed by atoms with Crippen LogP contribution in [0.2, 0.25) is 0 Å². The number of sulfonamides is 1. The highest BCUT2D eigenvalue weighted by Crippen LogP contribution is 2.30. The van der Waals surface area contributed by atoms with Crippen molar-refractivity contribution in [3.63, 3.8) is 0 Å². The first kappa shape index (κ1) is 16.0. The second-order valence-electron chi connectivity index (χ2n) is 5.87. The summed E-state index contributed by atoms with van der Waals surface area (Å²) in [6.07, 6.45) is 0.692. The molecule has 21 heavy (non-hydrogen) atoms. The molecule has 0 aliphatic carbocycles. The van der Waals surface area contributed by atoms with Crippen molar-refractivity contribution in [3.8, 4) is 0 Å². The molecule has 1 aliphatic heterocycles. The minimum absolute atomic E-state index is 0.0177. The van der Waals surface area contributed by atoms with Crippen molar-refractivity contribution in [1.29, 1.82) is 0 Å². The summed E-state index contributed by atoms with van der Waals surface area (Å²) in [7, 11) is -3.52. The molecule has 116 valence electrons. The summed E-state index contributed by atoms with van der Waals surface area (Å²) >= 11 is 0. The van der Waals surface area contributed by atoms with Gasteiger partial charge in [-0.2, -0.15) is 0 Å². The molecule has 0 radical (unpaired) electrons. The third kappa shape index (κ3) is 3.27. The topological polar surface area (TPSA) is 66.5 Å². The summed E-state index contributed by atoms with van der Waals surface area (Å²) in [5.41, 5.74) is 1.73. The molecule has 0 aromatic heterocycles. The van der Waals surface area contributed by atoms with E-state index in [-0.39, 0.29) is 22.8 Å². The number of anilines is 1. The van der Waals surface area contributed by atoms with Gasteiger partial charge in [0, 0.05) is 25.2 Å². The Morgan fingerprint density at radius 1 is 1.29 bits per heavy atom. The van der Waals surface area contributed by atoms with Crippen LogP contribution in [0.3, 0.4) is 0 Å². The average molecular weight is 310 g/mol. The molecule has 1 heterocycles. The van der Waals surface area contributed by atoms with Gasteiger partial charge in [0.05, 0.1) is 4.90 Å². The van der Waals surface area contributed by atoms with Crippen LogP contribution in [0.1, 0.15) is 33.3 Å². The molecule has 1 aliphatic rings. The van der Waals surface area contributed by atoms with E-state index in [2.05, 4.69) is 4.72 Å². The molecule has 1 aromatic carbocycles. The van der Waals surface area contributed by atoms with Crippen LogP contribution in [0.4, 0.5) is 5.69 Å². The highest BCUT2D eigenvalue weighted by atomic mass is 32.2. The lowest BCUT2D eigenvalue weighted by molar-refractivity contribution is -0.116. The Balaban J connectivity index is 2.29. The van der Waals surface area contributed by atoms with Crippen LogP contribution in [0.5, 0.6) is 0 Å². The maximum absolute atomic E-state index is 12.4. The lowest BCUT2D eigenvalue weighted by Crippen LogP contribution is -2.36. The third-order valence-electron chi connectivity index (χ3n) is 3.98. The van der Waals surface area contributed by atoms with Crippen molar-refractivity contribution < 1.29 is 13.2 Å². The first-order valence-electron chi connectivity index (χ1n) is 7.15. The van der Waals surface area contributed by atoms with E-state index in [0.29, 0.717) is 13.0 Å². The van der Waals surface area contributed by atoms with E-state index in [4.69, 9.17) is 0 Å². The van der Waals surface area contributed by atoms with Crippen LogP contribution in [0.15, 0.2) is 23.1 Å². The number of benzene rings is 1. The second-order valence-corrected chi connectivity index (χ2v) is 7.58. The van der Waals surface area contributed by atoms with E-state index in [0.717, 1.165) is 11.3 Å². The molecule has 0 fully saturated rings. The van der Waals surface area contributed by atoms with Crippen LogP contribution < -0.4 is 9.62 Å². The third-order valence-corrected chi connectivity index (χ3v) is 5.53. The zero-order valence-corrected chi connectivity index (χ0v) is 13.7. The maximum Gasteiger partial charge on any atom is 0.240 e. The molecule has 0 saturated heterocycles. The molecule has 0 spiro atoms. The van der Waals surface area contributed by atoms with Gasteiger partial charge >= 0.3 is 0 Å². The summed E-state index contributed by atoms with van der Waals surface area (Å²) in [5, 5.41) is 0. The normalized spacial score (nSPS) is 16.1. The van der Waals surface area contributed by atoms with E-state index in [9.17, 15) is 13.2 Å². The molecular formula is C15H22N2O3S. The van der Waals surface area contributed by atoms with Crippen LogP contribution >= 0.6 is 0 Å². The van der Waals surface area contributed by atoms with Gasteiger partial charge < -0.3 is 4.90 Å². The smallest absolute Gasteiger partial charge is 0.240 e. The minimum atomic E-state index is -3.52. The number of nitrogens with one attached hydrogen (secondary N) is 1. The molecule has 1 N–H and O–H groups in total. The van der Waals surface area contributed by atoms with Gasteiger partial charge in [-0.3, -0.25) is 4.79 Å². The van der Waals surface area contributed by atoms with Crippen molar-refractivity contribution in [2.24, 2.45) is 5.92 Å². The molecule has 0 bridgehead atoms. The molecule has 0 saturated carbocycles. The Hall–Kier alpha value is -1.40. The Morgan fingerprint density at radius 3 is 2.52 bits per heavy atom. The number of carbonyl (C=O) groups excluding carboxylic acids is 1. The quantitative estimate of drug-likeness (QED) is 0.924. The van der Waals surface area contributed by atoms with Gasteiger partial charge in [0.25, 0.3) is 0 Å². The Morgan fingerprint density at radius 2 is 1.95 bits per heavy atom. The number of hydrogen-bond acceptors (Lipinski definition) is 3. The Bertz CT molecular complexity index is 653. The molecule has 1 amide bonds. The number of fused-ring (bicyclic) bond motifs is 1. The van der Waals surface area contributed by atoms with E-state index in [1.807, 2.05) is 20.8 Å². The number of carbonyl (C=O) groups is 1. The Kier molecular flexibility index (Phi) is 4.39. The largest absolute Gasteiger partial charge is 0.312 e. The van der Waals surface area contributed by atoms with Crippen molar-refractivity contribution in [1.82, 2.24) is 4.72 Å². The molecule has 5 nitrogen and oxygen atoms in total. The zero-order chi connectivity index (χ0) is 15.8.